The summed E-state index contributed by atoms with van der Waals surface area (Å²) < 4.78 is 0. The first-order valence-electron chi connectivity index (χ1n) is 6.04. The zero-order valence-electron chi connectivity index (χ0n) is 11.6. The number of carbonyl (C=O) groups is 1. The Bertz CT molecular complexity index is 472. The topological polar surface area (TPSA) is 52.6 Å². The molecule has 0 fully saturated rings. The first kappa shape index (κ1) is 15.6. The van der Waals surface area contributed by atoms with Crippen LogP contribution in [0.3, 0.4) is 0 Å². The molecule has 1 aliphatic rings. The number of terminal acetylenes is 1. The molecule has 104 valence electrons. The zero-order valence-corrected chi connectivity index (χ0v) is 12.3. The number of aliphatic carboxylic acids is 1. The molecule has 19 heavy (non-hydrogen) atoms. The van der Waals surface area contributed by atoms with Crippen molar-refractivity contribution >= 4 is 17.6 Å². The monoisotopic (exact) mass is 282 g/mol. The van der Waals surface area contributed by atoms with Crippen molar-refractivity contribution in [3.8, 4) is 12.3 Å². The van der Waals surface area contributed by atoms with Crippen LogP contribution in [0.2, 0.25) is 0 Å². The number of halogens is 1. The molecule has 0 saturated heterocycles. The summed E-state index contributed by atoms with van der Waals surface area (Å²) in [4.78, 5) is 13.1. The van der Waals surface area contributed by atoms with Gasteiger partial charge in [0.1, 0.15) is 11.3 Å². The molecule has 1 heterocycles. The van der Waals surface area contributed by atoms with Crippen LogP contribution in [0.15, 0.2) is 22.9 Å². The van der Waals surface area contributed by atoms with E-state index in [0.717, 1.165) is 0 Å². The highest BCUT2D eigenvalue weighted by Gasteiger charge is 2.38. The molecule has 0 aromatic rings. The maximum Gasteiger partial charge on any atom is 0.335 e. The molecular formula is C14H19ClN2O2. The van der Waals surface area contributed by atoms with Crippen LogP contribution < -0.4 is 5.32 Å². The lowest BCUT2D eigenvalue weighted by Crippen LogP contribution is -2.57. The standard InChI is InChI=1S/C14H19ClN2O2/c1-6-14(4,5)17-11(15)8-7-10(13(18)19)12(17)16-9(2)3/h1,7-9,12,16H,2-5H3,(H,18,19). The SMILES string of the molecule is C#CC(C)(C)N1C(Cl)=CC=C(C(=O)O)C1NC(C)C. The van der Waals surface area contributed by atoms with Gasteiger partial charge >= 0.3 is 5.97 Å². The predicted octanol–water partition coefficient (Wildman–Crippen LogP) is 2.13. The van der Waals surface area contributed by atoms with Crippen LogP contribution in [0.5, 0.6) is 0 Å². The Balaban J connectivity index is 3.27. The molecule has 0 saturated carbocycles. The second-order valence-corrected chi connectivity index (χ2v) is 5.60. The lowest BCUT2D eigenvalue weighted by Gasteiger charge is -2.44. The Morgan fingerprint density at radius 2 is 2.16 bits per heavy atom. The van der Waals surface area contributed by atoms with Crippen molar-refractivity contribution in [3.63, 3.8) is 0 Å². The van der Waals surface area contributed by atoms with Crippen LogP contribution in [0.1, 0.15) is 27.7 Å². The van der Waals surface area contributed by atoms with E-state index in [1.165, 1.54) is 6.08 Å². The maximum atomic E-state index is 11.4. The number of nitrogens with zero attached hydrogens (tertiary/aromatic N) is 1. The summed E-state index contributed by atoms with van der Waals surface area (Å²) in [5.41, 5.74) is -0.476. The highest BCUT2D eigenvalue weighted by Crippen LogP contribution is 2.31. The number of hydrogen-bond acceptors (Lipinski definition) is 3. The van der Waals surface area contributed by atoms with Crippen molar-refractivity contribution in [2.24, 2.45) is 0 Å². The van der Waals surface area contributed by atoms with Gasteiger partial charge in [-0.3, -0.25) is 5.32 Å². The van der Waals surface area contributed by atoms with E-state index in [-0.39, 0.29) is 11.6 Å². The van der Waals surface area contributed by atoms with Gasteiger partial charge in [0.2, 0.25) is 0 Å². The first-order valence-corrected chi connectivity index (χ1v) is 6.42. The normalized spacial score (nSPS) is 19.8. The van der Waals surface area contributed by atoms with Crippen molar-refractivity contribution in [1.29, 1.82) is 0 Å². The molecule has 2 N–H and O–H groups in total. The van der Waals surface area contributed by atoms with Gasteiger partial charge in [-0.1, -0.05) is 17.5 Å². The number of nitrogens with one attached hydrogen (secondary N) is 1. The Labute approximate surface area is 119 Å². The third kappa shape index (κ3) is 3.31. The summed E-state index contributed by atoms with van der Waals surface area (Å²) in [6.45, 7) is 7.52. The van der Waals surface area contributed by atoms with E-state index in [1.807, 2.05) is 27.7 Å². The van der Waals surface area contributed by atoms with E-state index in [4.69, 9.17) is 18.0 Å². The Hall–Kier alpha value is -1.44. The van der Waals surface area contributed by atoms with Crippen molar-refractivity contribution < 1.29 is 9.90 Å². The van der Waals surface area contributed by atoms with E-state index >= 15 is 0 Å². The minimum atomic E-state index is -0.989. The molecule has 0 aromatic carbocycles. The summed E-state index contributed by atoms with van der Waals surface area (Å²) in [5.74, 6) is 1.66. The number of allylic oxidation sites excluding steroid dienone is 2. The lowest BCUT2D eigenvalue weighted by molar-refractivity contribution is -0.133. The fraction of sp³-hybridized carbons (Fsp3) is 0.500. The van der Waals surface area contributed by atoms with Crippen LogP contribution in [-0.4, -0.2) is 33.7 Å². The number of hydrogen-bond donors (Lipinski definition) is 2. The van der Waals surface area contributed by atoms with Crippen molar-refractivity contribution in [2.75, 3.05) is 0 Å². The van der Waals surface area contributed by atoms with E-state index in [2.05, 4.69) is 11.2 Å². The molecule has 0 bridgehead atoms. The van der Waals surface area contributed by atoms with E-state index in [0.29, 0.717) is 5.16 Å². The molecule has 4 nitrogen and oxygen atoms in total. The second-order valence-electron chi connectivity index (χ2n) is 5.21. The van der Waals surface area contributed by atoms with Gasteiger partial charge in [0.25, 0.3) is 0 Å². The zero-order chi connectivity index (χ0) is 14.8. The molecule has 1 aliphatic heterocycles. The summed E-state index contributed by atoms with van der Waals surface area (Å²) in [5, 5.41) is 12.9. The summed E-state index contributed by atoms with van der Waals surface area (Å²) in [6.07, 6.45) is 8.05. The molecule has 5 heteroatoms. The van der Waals surface area contributed by atoms with E-state index < -0.39 is 17.7 Å². The fourth-order valence-corrected chi connectivity index (χ4v) is 2.29. The first-order chi connectivity index (χ1) is 8.70. The quantitative estimate of drug-likeness (QED) is 0.613. The van der Waals surface area contributed by atoms with Gasteiger partial charge in [-0.15, -0.1) is 6.42 Å². The molecule has 0 amide bonds. The second kappa shape index (κ2) is 5.68. The van der Waals surface area contributed by atoms with Crippen LogP contribution in [-0.2, 0) is 4.79 Å². The van der Waals surface area contributed by atoms with Gasteiger partial charge in [0.15, 0.2) is 0 Å². The van der Waals surface area contributed by atoms with Crippen molar-refractivity contribution in [1.82, 2.24) is 10.2 Å². The van der Waals surface area contributed by atoms with Gasteiger partial charge < -0.3 is 10.0 Å². The van der Waals surface area contributed by atoms with E-state index in [1.54, 1.807) is 11.0 Å². The molecule has 0 aliphatic carbocycles. The van der Waals surface area contributed by atoms with Gasteiger partial charge in [-0.2, -0.15) is 0 Å². The van der Waals surface area contributed by atoms with Gasteiger partial charge in [-0.05, 0) is 39.8 Å². The Morgan fingerprint density at radius 1 is 1.58 bits per heavy atom. The van der Waals surface area contributed by atoms with Gasteiger partial charge in [-0.25, -0.2) is 4.79 Å². The van der Waals surface area contributed by atoms with Crippen molar-refractivity contribution in [3.05, 3.63) is 22.9 Å². The minimum Gasteiger partial charge on any atom is -0.478 e. The molecule has 1 rings (SSSR count). The highest BCUT2D eigenvalue weighted by atomic mass is 35.5. The third-order valence-corrected chi connectivity index (χ3v) is 3.19. The van der Waals surface area contributed by atoms with Gasteiger partial charge in [0.05, 0.1) is 11.1 Å². The van der Waals surface area contributed by atoms with Gasteiger partial charge in [0, 0.05) is 6.04 Å². The Kier molecular flexibility index (Phi) is 4.67. The van der Waals surface area contributed by atoms with E-state index in [9.17, 15) is 9.90 Å². The summed E-state index contributed by atoms with van der Waals surface area (Å²) in [7, 11) is 0. The fourth-order valence-electron chi connectivity index (χ4n) is 1.92. The van der Waals surface area contributed by atoms with Crippen LogP contribution >= 0.6 is 11.6 Å². The van der Waals surface area contributed by atoms with Crippen LogP contribution in [0, 0.1) is 12.3 Å². The minimum absolute atomic E-state index is 0.0893. The Morgan fingerprint density at radius 3 is 2.58 bits per heavy atom. The van der Waals surface area contributed by atoms with Crippen LogP contribution in [0.4, 0.5) is 0 Å². The summed E-state index contributed by atoms with van der Waals surface area (Å²) >= 11 is 6.21. The number of carboxylic acids is 1. The van der Waals surface area contributed by atoms with Crippen LogP contribution in [0.25, 0.3) is 0 Å². The lowest BCUT2D eigenvalue weighted by atomic mass is 9.98. The molecule has 1 atom stereocenters. The highest BCUT2D eigenvalue weighted by molar-refractivity contribution is 6.29. The average molecular weight is 283 g/mol. The average Bonchev–Trinajstić information content (AvgIpc) is 2.27. The summed E-state index contributed by atoms with van der Waals surface area (Å²) in [6, 6.07) is 0.0893. The molecular weight excluding hydrogens is 264 g/mol. The smallest absolute Gasteiger partial charge is 0.335 e. The molecule has 0 spiro atoms. The molecule has 0 radical (unpaired) electrons. The molecule has 0 aromatic heterocycles. The largest absolute Gasteiger partial charge is 0.478 e. The number of carboxylic acid groups (broad SMARTS) is 1. The third-order valence-electron chi connectivity index (χ3n) is 2.88. The predicted molar refractivity (Wildman–Crippen MR) is 76.5 cm³/mol. The number of rotatable bonds is 4. The molecule has 1 unspecified atom stereocenters. The van der Waals surface area contributed by atoms with Crippen molar-refractivity contribution in [2.45, 2.75) is 45.4 Å². The maximum absolute atomic E-state index is 11.4.